The van der Waals surface area contributed by atoms with E-state index in [-0.39, 0.29) is 5.91 Å². The standard InChI is InChI=1S/C18H19Cl2NO2/c1-3-17(23-14-8-9-15(19)12(2)10-14)18(22)21-11-13-6-4-5-7-16(13)20/h4-10,17H,3,11H2,1-2H3,(H,21,22). The lowest BCUT2D eigenvalue weighted by molar-refractivity contribution is -0.128. The van der Waals surface area contributed by atoms with Crippen LogP contribution in [0.3, 0.4) is 0 Å². The van der Waals surface area contributed by atoms with E-state index >= 15 is 0 Å². The molecule has 2 rings (SSSR count). The Morgan fingerprint density at radius 1 is 1.17 bits per heavy atom. The van der Waals surface area contributed by atoms with Crippen molar-refractivity contribution in [1.82, 2.24) is 5.32 Å². The maximum atomic E-state index is 12.3. The second kappa shape index (κ2) is 8.23. The second-order valence-electron chi connectivity index (χ2n) is 5.23. The van der Waals surface area contributed by atoms with Crippen LogP contribution in [0.25, 0.3) is 0 Å². The summed E-state index contributed by atoms with van der Waals surface area (Å²) < 4.78 is 5.78. The Balaban J connectivity index is 1.98. The van der Waals surface area contributed by atoms with Crippen molar-refractivity contribution >= 4 is 29.1 Å². The van der Waals surface area contributed by atoms with Crippen molar-refractivity contribution in [1.29, 1.82) is 0 Å². The van der Waals surface area contributed by atoms with Crippen molar-refractivity contribution < 1.29 is 9.53 Å². The molecule has 0 aromatic heterocycles. The number of nitrogens with one attached hydrogen (secondary N) is 1. The van der Waals surface area contributed by atoms with Gasteiger partial charge in [0.05, 0.1) is 0 Å². The maximum absolute atomic E-state index is 12.3. The summed E-state index contributed by atoms with van der Waals surface area (Å²) in [5, 5.41) is 4.17. The molecule has 2 aromatic carbocycles. The van der Waals surface area contributed by atoms with E-state index in [4.69, 9.17) is 27.9 Å². The van der Waals surface area contributed by atoms with Gasteiger partial charge in [-0.15, -0.1) is 0 Å². The Hall–Kier alpha value is -1.71. The monoisotopic (exact) mass is 351 g/mol. The quantitative estimate of drug-likeness (QED) is 0.813. The molecule has 0 saturated carbocycles. The lowest BCUT2D eigenvalue weighted by Crippen LogP contribution is -2.37. The van der Waals surface area contributed by atoms with Crippen molar-refractivity contribution in [3.8, 4) is 5.75 Å². The molecule has 5 heteroatoms. The minimum atomic E-state index is -0.557. The van der Waals surface area contributed by atoms with E-state index in [0.717, 1.165) is 11.1 Å². The molecule has 1 amide bonds. The average Bonchev–Trinajstić information content (AvgIpc) is 2.54. The van der Waals surface area contributed by atoms with Gasteiger partial charge in [-0.3, -0.25) is 4.79 Å². The van der Waals surface area contributed by atoms with E-state index in [0.29, 0.717) is 28.8 Å². The molecule has 1 N–H and O–H groups in total. The van der Waals surface area contributed by atoms with E-state index in [9.17, 15) is 4.79 Å². The van der Waals surface area contributed by atoms with Crippen LogP contribution in [0.2, 0.25) is 10.0 Å². The summed E-state index contributed by atoms with van der Waals surface area (Å²) in [5.41, 5.74) is 1.79. The lowest BCUT2D eigenvalue weighted by Gasteiger charge is -2.18. The van der Waals surface area contributed by atoms with Gasteiger partial charge in [0.2, 0.25) is 0 Å². The van der Waals surface area contributed by atoms with Crippen LogP contribution in [0.5, 0.6) is 5.75 Å². The number of hydrogen-bond acceptors (Lipinski definition) is 2. The van der Waals surface area contributed by atoms with E-state index in [1.165, 1.54) is 0 Å². The van der Waals surface area contributed by atoms with Crippen molar-refractivity contribution in [2.75, 3.05) is 0 Å². The van der Waals surface area contributed by atoms with Gasteiger partial charge in [-0.1, -0.05) is 48.3 Å². The molecule has 0 radical (unpaired) electrons. The van der Waals surface area contributed by atoms with Gasteiger partial charge in [0.25, 0.3) is 5.91 Å². The van der Waals surface area contributed by atoms with E-state index < -0.39 is 6.10 Å². The van der Waals surface area contributed by atoms with Gasteiger partial charge < -0.3 is 10.1 Å². The highest BCUT2D eigenvalue weighted by Crippen LogP contribution is 2.22. The van der Waals surface area contributed by atoms with Gasteiger partial charge in [-0.25, -0.2) is 0 Å². The van der Waals surface area contributed by atoms with Gasteiger partial charge >= 0.3 is 0 Å². The number of hydrogen-bond donors (Lipinski definition) is 1. The molecule has 1 unspecified atom stereocenters. The molecular formula is C18H19Cl2NO2. The van der Waals surface area contributed by atoms with Crippen LogP contribution in [0.15, 0.2) is 42.5 Å². The van der Waals surface area contributed by atoms with Crippen molar-refractivity contribution in [3.63, 3.8) is 0 Å². The summed E-state index contributed by atoms with van der Waals surface area (Å²) in [6.07, 6.45) is 0.00816. The van der Waals surface area contributed by atoms with Gasteiger partial charge in [0.15, 0.2) is 6.10 Å². The number of benzene rings is 2. The number of aryl methyl sites for hydroxylation is 1. The molecule has 0 bridgehead atoms. The molecule has 2 aromatic rings. The van der Waals surface area contributed by atoms with E-state index in [1.54, 1.807) is 18.2 Å². The molecule has 0 spiro atoms. The Morgan fingerprint density at radius 3 is 2.57 bits per heavy atom. The molecule has 1 atom stereocenters. The van der Waals surface area contributed by atoms with Crippen LogP contribution >= 0.6 is 23.2 Å². The maximum Gasteiger partial charge on any atom is 0.261 e. The Kier molecular flexibility index (Phi) is 6.31. The first kappa shape index (κ1) is 17.6. The summed E-state index contributed by atoms with van der Waals surface area (Å²) >= 11 is 12.1. The Morgan fingerprint density at radius 2 is 1.91 bits per heavy atom. The Labute approximate surface area is 146 Å². The number of ether oxygens (including phenoxy) is 1. The van der Waals surface area contributed by atoms with Crippen molar-refractivity contribution in [2.24, 2.45) is 0 Å². The Bertz CT molecular complexity index is 688. The van der Waals surface area contributed by atoms with Crippen molar-refractivity contribution in [3.05, 3.63) is 63.6 Å². The minimum Gasteiger partial charge on any atom is -0.481 e. The SMILES string of the molecule is CCC(Oc1ccc(Cl)c(C)c1)C(=O)NCc1ccccc1Cl. The van der Waals surface area contributed by atoms with Gasteiger partial charge in [-0.05, 0) is 48.7 Å². The van der Waals surface area contributed by atoms with Crippen LogP contribution in [0.1, 0.15) is 24.5 Å². The molecule has 0 aliphatic rings. The molecule has 23 heavy (non-hydrogen) atoms. The fourth-order valence-corrected chi connectivity index (χ4v) is 2.44. The predicted molar refractivity (Wildman–Crippen MR) is 94.2 cm³/mol. The fraction of sp³-hybridized carbons (Fsp3) is 0.278. The predicted octanol–water partition coefficient (Wildman–Crippen LogP) is 4.78. The third kappa shape index (κ3) is 4.88. The molecule has 0 aliphatic carbocycles. The number of carbonyl (C=O) groups is 1. The fourth-order valence-electron chi connectivity index (χ4n) is 2.11. The average molecular weight is 352 g/mol. The van der Waals surface area contributed by atoms with E-state index in [2.05, 4.69) is 5.32 Å². The van der Waals surface area contributed by atoms with E-state index in [1.807, 2.05) is 38.1 Å². The first-order valence-corrected chi connectivity index (χ1v) is 8.20. The number of halogens is 2. The van der Waals surface area contributed by atoms with Crippen LogP contribution in [-0.4, -0.2) is 12.0 Å². The number of rotatable bonds is 6. The molecule has 122 valence electrons. The second-order valence-corrected chi connectivity index (χ2v) is 6.05. The summed E-state index contributed by atoms with van der Waals surface area (Å²) in [6, 6.07) is 12.8. The largest absolute Gasteiger partial charge is 0.481 e. The van der Waals surface area contributed by atoms with Crippen LogP contribution in [-0.2, 0) is 11.3 Å². The number of amides is 1. The summed E-state index contributed by atoms with van der Waals surface area (Å²) in [4.78, 5) is 12.3. The smallest absolute Gasteiger partial charge is 0.261 e. The van der Waals surface area contributed by atoms with Crippen LogP contribution < -0.4 is 10.1 Å². The van der Waals surface area contributed by atoms with Gasteiger partial charge in [0, 0.05) is 16.6 Å². The highest BCUT2D eigenvalue weighted by molar-refractivity contribution is 6.31. The molecule has 0 aliphatic heterocycles. The molecule has 3 nitrogen and oxygen atoms in total. The first-order valence-electron chi connectivity index (χ1n) is 7.45. The van der Waals surface area contributed by atoms with Gasteiger partial charge in [-0.2, -0.15) is 0 Å². The third-order valence-corrected chi connectivity index (χ3v) is 4.27. The zero-order chi connectivity index (χ0) is 16.8. The molecule has 0 fully saturated rings. The first-order chi connectivity index (χ1) is 11.0. The number of carbonyl (C=O) groups excluding carboxylic acids is 1. The topological polar surface area (TPSA) is 38.3 Å². The van der Waals surface area contributed by atoms with Crippen LogP contribution in [0.4, 0.5) is 0 Å². The highest BCUT2D eigenvalue weighted by atomic mass is 35.5. The van der Waals surface area contributed by atoms with Gasteiger partial charge in [0.1, 0.15) is 5.75 Å². The molecule has 0 saturated heterocycles. The third-order valence-electron chi connectivity index (χ3n) is 3.48. The molecule has 0 heterocycles. The molecular weight excluding hydrogens is 333 g/mol. The minimum absolute atomic E-state index is 0.167. The zero-order valence-electron chi connectivity index (χ0n) is 13.1. The zero-order valence-corrected chi connectivity index (χ0v) is 14.6. The summed E-state index contributed by atoms with van der Waals surface area (Å²) in [6.45, 7) is 4.17. The van der Waals surface area contributed by atoms with Crippen LogP contribution in [0, 0.1) is 6.92 Å². The normalized spacial score (nSPS) is 11.8. The highest BCUT2D eigenvalue weighted by Gasteiger charge is 2.18. The van der Waals surface area contributed by atoms with Crippen molar-refractivity contribution in [2.45, 2.75) is 32.9 Å². The summed E-state index contributed by atoms with van der Waals surface area (Å²) in [5.74, 6) is 0.465. The lowest BCUT2D eigenvalue weighted by atomic mass is 10.2. The summed E-state index contributed by atoms with van der Waals surface area (Å²) in [7, 11) is 0.